The largest absolute Gasteiger partial charge is 0.365 e. The molecule has 20 heavy (non-hydrogen) atoms. The van der Waals surface area contributed by atoms with Crippen molar-refractivity contribution < 1.29 is 14.3 Å². The molecule has 2 saturated heterocycles. The summed E-state index contributed by atoms with van der Waals surface area (Å²) in [6, 6.07) is 5.80. The van der Waals surface area contributed by atoms with Crippen LogP contribution >= 0.6 is 0 Å². The lowest BCUT2D eigenvalue weighted by atomic mass is 9.85. The summed E-state index contributed by atoms with van der Waals surface area (Å²) in [4.78, 5) is 26.8. The van der Waals surface area contributed by atoms with Crippen LogP contribution in [0.2, 0.25) is 0 Å². The Bertz CT molecular complexity index is 613. The second-order valence-corrected chi connectivity index (χ2v) is 5.75. The van der Waals surface area contributed by atoms with Gasteiger partial charge >= 0.3 is 0 Å². The highest BCUT2D eigenvalue weighted by molar-refractivity contribution is 6.23. The van der Waals surface area contributed by atoms with Gasteiger partial charge in [0.15, 0.2) is 0 Å². The standard InChI is InChI=1S/C16H15NO3/c1-8-4-3-5-9(2)14(8)17-15(18)12-10-6-7-11(20-10)13(12)16(17)19/h3-7,10-13H,1-2H3/t10-,11+,12-,13-/m0/s1. The molecule has 102 valence electrons. The number of carbonyl (C=O) groups excluding carboxylic acids is 2. The van der Waals surface area contributed by atoms with Gasteiger partial charge < -0.3 is 4.74 Å². The molecule has 1 aromatic carbocycles. The molecule has 3 aliphatic rings. The van der Waals surface area contributed by atoms with Crippen molar-refractivity contribution >= 4 is 17.5 Å². The molecule has 0 spiro atoms. The third-order valence-electron chi connectivity index (χ3n) is 4.57. The van der Waals surface area contributed by atoms with E-state index < -0.39 is 0 Å². The van der Waals surface area contributed by atoms with Gasteiger partial charge in [-0.15, -0.1) is 0 Å². The Labute approximate surface area is 117 Å². The number of ether oxygens (including phenoxy) is 1. The highest BCUT2D eigenvalue weighted by Gasteiger charge is 2.61. The minimum Gasteiger partial charge on any atom is -0.365 e. The number of hydrogen-bond acceptors (Lipinski definition) is 3. The third-order valence-corrected chi connectivity index (χ3v) is 4.57. The summed E-state index contributed by atoms with van der Waals surface area (Å²) >= 11 is 0. The van der Waals surface area contributed by atoms with Gasteiger partial charge in [-0.2, -0.15) is 0 Å². The number of benzene rings is 1. The number of fused-ring (bicyclic) bond motifs is 5. The van der Waals surface area contributed by atoms with E-state index in [-0.39, 0.29) is 35.9 Å². The van der Waals surface area contributed by atoms with Crippen LogP contribution in [-0.4, -0.2) is 24.0 Å². The molecule has 3 heterocycles. The van der Waals surface area contributed by atoms with Gasteiger partial charge in [-0.25, -0.2) is 4.90 Å². The number of rotatable bonds is 1. The Balaban J connectivity index is 1.82. The molecule has 4 atom stereocenters. The van der Waals surface area contributed by atoms with E-state index in [0.717, 1.165) is 16.8 Å². The van der Waals surface area contributed by atoms with Gasteiger partial charge in [0.25, 0.3) is 0 Å². The second kappa shape index (κ2) is 3.79. The number of nitrogens with zero attached hydrogens (tertiary/aromatic N) is 1. The van der Waals surface area contributed by atoms with Crippen LogP contribution in [0.5, 0.6) is 0 Å². The van der Waals surface area contributed by atoms with Gasteiger partial charge in [-0.3, -0.25) is 9.59 Å². The lowest BCUT2D eigenvalue weighted by Gasteiger charge is -2.21. The van der Waals surface area contributed by atoms with Crippen LogP contribution in [0.25, 0.3) is 0 Å². The first-order valence-corrected chi connectivity index (χ1v) is 6.87. The van der Waals surface area contributed by atoms with Gasteiger partial charge in [0, 0.05) is 0 Å². The summed E-state index contributed by atoms with van der Waals surface area (Å²) in [6.45, 7) is 3.86. The molecule has 0 N–H and O–H groups in total. The summed E-state index contributed by atoms with van der Waals surface area (Å²) < 4.78 is 5.65. The predicted molar refractivity (Wildman–Crippen MR) is 73.2 cm³/mol. The molecule has 0 saturated carbocycles. The number of imide groups is 1. The molecule has 4 heteroatoms. The quantitative estimate of drug-likeness (QED) is 0.576. The van der Waals surface area contributed by atoms with Crippen LogP contribution in [0.1, 0.15) is 11.1 Å². The summed E-state index contributed by atoms with van der Waals surface area (Å²) in [7, 11) is 0. The van der Waals surface area contributed by atoms with E-state index in [9.17, 15) is 9.59 Å². The minimum absolute atomic E-state index is 0.116. The Hall–Kier alpha value is -1.94. The van der Waals surface area contributed by atoms with Crippen LogP contribution in [0.3, 0.4) is 0 Å². The summed E-state index contributed by atoms with van der Waals surface area (Å²) in [5, 5.41) is 0. The van der Waals surface area contributed by atoms with E-state index in [4.69, 9.17) is 4.74 Å². The zero-order chi connectivity index (χ0) is 14.0. The van der Waals surface area contributed by atoms with Gasteiger partial charge in [-0.1, -0.05) is 30.4 Å². The summed E-state index contributed by atoms with van der Waals surface area (Å²) in [5.41, 5.74) is 2.65. The number of anilines is 1. The number of amides is 2. The Morgan fingerprint density at radius 3 is 1.95 bits per heavy atom. The van der Waals surface area contributed by atoms with E-state index >= 15 is 0 Å². The van der Waals surface area contributed by atoms with Gasteiger partial charge in [0.2, 0.25) is 11.8 Å². The lowest BCUT2D eigenvalue weighted by molar-refractivity contribution is -0.124. The molecule has 2 bridgehead atoms. The van der Waals surface area contributed by atoms with Crippen molar-refractivity contribution in [1.82, 2.24) is 0 Å². The van der Waals surface area contributed by atoms with E-state index in [0.29, 0.717) is 0 Å². The van der Waals surface area contributed by atoms with E-state index in [2.05, 4.69) is 0 Å². The number of aryl methyl sites for hydroxylation is 2. The monoisotopic (exact) mass is 269 g/mol. The fourth-order valence-electron chi connectivity index (χ4n) is 3.68. The molecular formula is C16H15NO3. The first kappa shape index (κ1) is 11.9. The van der Waals surface area contributed by atoms with Crippen LogP contribution in [-0.2, 0) is 14.3 Å². The topological polar surface area (TPSA) is 46.6 Å². The molecule has 0 radical (unpaired) electrons. The molecule has 0 aromatic heterocycles. The lowest BCUT2D eigenvalue weighted by Crippen LogP contribution is -2.35. The van der Waals surface area contributed by atoms with E-state index in [1.807, 2.05) is 44.2 Å². The maximum absolute atomic E-state index is 12.7. The smallest absolute Gasteiger partial charge is 0.240 e. The first-order valence-electron chi connectivity index (χ1n) is 6.87. The number of para-hydroxylation sites is 1. The number of carbonyl (C=O) groups is 2. The molecule has 4 nitrogen and oxygen atoms in total. The molecule has 0 unspecified atom stereocenters. The minimum atomic E-state index is -0.337. The molecule has 0 aliphatic carbocycles. The van der Waals surface area contributed by atoms with Crippen LogP contribution < -0.4 is 4.90 Å². The Kier molecular flexibility index (Phi) is 2.25. The fraction of sp³-hybridized carbons (Fsp3) is 0.375. The fourth-order valence-corrected chi connectivity index (χ4v) is 3.68. The van der Waals surface area contributed by atoms with Crippen molar-refractivity contribution in [3.8, 4) is 0 Å². The third kappa shape index (κ3) is 1.29. The van der Waals surface area contributed by atoms with Crippen molar-refractivity contribution in [2.24, 2.45) is 11.8 Å². The zero-order valence-electron chi connectivity index (χ0n) is 11.4. The maximum Gasteiger partial charge on any atom is 0.240 e. The zero-order valence-corrected chi connectivity index (χ0v) is 11.4. The Morgan fingerprint density at radius 1 is 0.950 bits per heavy atom. The molecule has 2 fully saturated rings. The van der Waals surface area contributed by atoms with Crippen molar-refractivity contribution in [3.63, 3.8) is 0 Å². The highest BCUT2D eigenvalue weighted by Crippen LogP contribution is 2.47. The maximum atomic E-state index is 12.7. The van der Waals surface area contributed by atoms with Crippen molar-refractivity contribution in [1.29, 1.82) is 0 Å². The second-order valence-electron chi connectivity index (χ2n) is 5.75. The molecule has 4 rings (SSSR count). The summed E-state index contributed by atoms with van der Waals surface area (Å²) in [6.07, 6.45) is 3.36. The first-order chi connectivity index (χ1) is 9.59. The van der Waals surface area contributed by atoms with E-state index in [1.54, 1.807) is 0 Å². The van der Waals surface area contributed by atoms with Crippen LogP contribution in [0.4, 0.5) is 5.69 Å². The average Bonchev–Trinajstić information content (AvgIpc) is 3.07. The van der Waals surface area contributed by atoms with Gasteiger partial charge in [0.1, 0.15) is 0 Å². The van der Waals surface area contributed by atoms with E-state index in [1.165, 1.54) is 4.90 Å². The van der Waals surface area contributed by atoms with Crippen LogP contribution in [0.15, 0.2) is 30.4 Å². The molecular weight excluding hydrogens is 254 g/mol. The average molecular weight is 269 g/mol. The van der Waals surface area contributed by atoms with Crippen molar-refractivity contribution in [2.75, 3.05) is 4.90 Å². The molecule has 3 aliphatic heterocycles. The summed E-state index contributed by atoms with van der Waals surface area (Å²) in [5.74, 6) is -0.906. The van der Waals surface area contributed by atoms with Gasteiger partial charge in [0.05, 0.1) is 29.7 Å². The van der Waals surface area contributed by atoms with Gasteiger partial charge in [-0.05, 0) is 25.0 Å². The Morgan fingerprint density at radius 2 is 1.45 bits per heavy atom. The molecule has 1 aromatic rings. The molecule has 2 amide bonds. The SMILES string of the molecule is Cc1cccc(C)c1N1C(=O)[C@@H]2[C@@H](C1=O)[C@H]1C=C[C@@H]2O1. The van der Waals surface area contributed by atoms with Crippen LogP contribution in [0, 0.1) is 25.7 Å². The predicted octanol–water partition coefficient (Wildman–Crippen LogP) is 1.75. The normalized spacial score (nSPS) is 34.2. The van der Waals surface area contributed by atoms with Crippen molar-refractivity contribution in [3.05, 3.63) is 41.5 Å². The highest BCUT2D eigenvalue weighted by atomic mass is 16.5. The van der Waals surface area contributed by atoms with Crippen molar-refractivity contribution in [2.45, 2.75) is 26.1 Å². The number of hydrogen-bond donors (Lipinski definition) is 0.